The van der Waals surface area contributed by atoms with Crippen LogP contribution in [-0.2, 0) is 23.7 Å². The number of ether oxygens (including phenoxy) is 4. The third kappa shape index (κ3) is 29.3. The van der Waals surface area contributed by atoms with Crippen LogP contribution in [0.15, 0.2) is 36.5 Å². The number of hydrogen-bond acceptors (Lipinski definition) is 9. The van der Waals surface area contributed by atoms with Gasteiger partial charge in [0.15, 0.2) is 6.29 Å². The normalized spacial score (nSPS) is 21.0. The lowest BCUT2D eigenvalue weighted by molar-refractivity contribution is -0.305. The lowest BCUT2D eigenvalue weighted by Gasteiger charge is -2.39. The van der Waals surface area contributed by atoms with E-state index in [0.717, 1.165) is 44.9 Å². The van der Waals surface area contributed by atoms with Crippen LogP contribution in [0.3, 0.4) is 0 Å². The van der Waals surface area contributed by atoms with E-state index < -0.39 is 43.4 Å². The lowest BCUT2D eigenvalue weighted by atomic mass is 9.99. The number of hydrogen-bond donors (Lipinski definition) is 4. The summed E-state index contributed by atoms with van der Waals surface area (Å²) in [4.78, 5) is 12.6. The highest BCUT2D eigenvalue weighted by atomic mass is 16.7. The Kier molecular flexibility index (Phi) is 35.5. The fourth-order valence-electron chi connectivity index (χ4n) is 6.73. The van der Waals surface area contributed by atoms with Gasteiger partial charge >= 0.3 is 5.97 Å². The molecule has 1 saturated heterocycles. The van der Waals surface area contributed by atoms with Crippen molar-refractivity contribution in [3.8, 4) is 0 Å². The Balaban J connectivity index is 2.10. The topological polar surface area (TPSA) is 135 Å². The highest BCUT2D eigenvalue weighted by molar-refractivity contribution is 5.69. The number of carbonyl (C=O) groups is 1. The molecule has 0 saturated carbocycles. The second-order valence-electron chi connectivity index (χ2n) is 15.5. The Morgan fingerprint density at radius 2 is 1.05 bits per heavy atom. The zero-order valence-corrected chi connectivity index (χ0v) is 35.2. The fourth-order valence-corrected chi connectivity index (χ4v) is 6.73. The molecule has 0 aromatic rings. The van der Waals surface area contributed by atoms with E-state index >= 15 is 0 Å². The zero-order chi connectivity index (χ0) is 40.0. The number of esters is 1. The van der Waals surface area contributed by atoms with E-state index in [-0.39, 0.29) is 19.2 Å². The molecule has 6 unspecified atom stereocenters. The molecule has 55 heavy (non-hydrogen) atoms. The van der Waals surface area contributed by atoms with E-state index in [1.807, 2.05) is 0 Å². The van der Waals surface area contributed by atoms with Crippen molar-refractivity contribution in [3.63, 3.8) is 0 Å². The number of aliphatic hydroxyl groups excluding tert-OH is 4. The number of unbranched alkanes of at least 4 members (excludes halogenated alkanes) is 21. The first-order valence-corrected chi connectivity index (χ1v) is 22.6. The van der Waals surface area contributed by atoms with Gasteiger partial charge in [-0.25, -0.2) is 0 Å². The van der Waals surface area contributed by atoms with Crippen molar-refractivity contribution >= 4 is 5.97 Å². The van der Waals surface area contributed by atoms with E-state index in [2.05, 4.69) is 50.3 Å². The van der Waals surface area contributed by atoms with Gasteiger partial charge in [-0.2, -0.15) is 0 Å². The van der Waals surface area contributed by atoms with E-state index in [0.29, 0.717) is 13.0 Å². The largest absolute Gasteiger partial charge is 0.457 e. The summed E-state index contributed by atoms with van der Waals surface area (Å²) in [7, 11) is 0. The molecule has 0 amide bonds. The van der Waals surface area contributed by atoms with Gasteiger partial charge in [0.25, 0.3) is 0 Å². The van der Waals surface area contributed by atoms with Gasteiger partial charge in [-0.15, -0.1) is 0 Å². The molecule has 4 N–H and O–H groups in total. The summed E-state index contributed by atoms with van der Waals surface area (Å²) in [5, 5.41) is 39.9. The standard InChI is InChI=1S/C46H84O9/c1-3-5-7-9-11-12-13-14-15-16-17-18-19-20-21-22-23-24-25-26-27-28-29-30-32-34-36-52-38-40(54-42(48)35-33-31-10-8-6-4-2)39-53-46-45(51)44(50)43(49)41(37-47)55-46/h13-14,16-17,19-20,40-41,43-47,49-51H,3-12,15,18,21-39H2,1-2H3/b14-13-,17-16-,20-19-. The molecule has 0 bridgehead atoms. The molecule has 322 valence electrons. The monoisotopic (exact) mass is 781 g/mol. The minimum absolute atomic E-state index is 0.113. The van der Waals surface area contributed by atoms with Crippen molar-refractivity contribution in [2.75, 3.05) is 26.4 Å². The molecule has 1 aliphatic heterocycles. The van der Waals surface area contributed by atoms with Gasteiger partial charge in [-0.1, -0.05) is 166 Å². The predicted octanol–water partition coefficient (Wildman–Crippen LogP) is 9.97. The first kappa shape index (κ1) is 51.4. The van der Waals surface area contributed by atoms with Gasteiger partial charge < -0.3 is 39.4 Å². The molecule has 6 atom stereocenters. The maximum atomic E-state index is 12.6. The Bertz CT molecular complexity index is 936. The van der Waals surface area contributed by atoms with E-state index in [4.69, 9.17) is 18.9 Å². The Hall–Kier alpha value is -1.59. The summed E-state index contributed by atoms with van der Waals surface area (Å²) in [6.07, 6.45) is 37.9. The van der Waals surface area contributed by atoms with Gasteiger partial charge in [0, 0.05) is 13.0 Å². The SMILES string of the molecule is CCCCCCC/C=C\C/C=C\C/C=C\CCCCCCCCCCCCCOCC(COC1OC(CO)C(O)C(O)C1O)OC(=O)CCCCCCCC. The van der Waals surface area contributed by atoms with Crippen LogP contribution in [-0.4, -0.2) is 89.6 Å². The van der Waals surface area contributed by atoms with Crippen LogP contribution in [0.1, 0.15) is 187 Å². The van der Waals surface area contributed by atoms with Crippen LogP contribution in [0.2, 0.25) is 0 Å². The molecule has 1 fully saturated rings. The number of allylic oxidation sites excluding steroid dienone is 6. The molecule has 1 heterocycles. The summed E-state index contributed by atoms with van der Waals surface area (Å²) in [6, 6.07) is 0. The van der Waals surface area contributed by atoms with Crippen molar-refractivity contribution in [1.82, 2.24) is 0 Å². The molecule has 1 rings (SSSR count). The Labute approximate surface area is 336 Å². The van der Waals surface area contributed by atoms with E-state index in [1.165, 1.54) is 122 Å². The molecule has 9 heteroatoms. The molecule has 0 spiro atoms. The van der Waals surface area contributed by atoms with Gasteiger partial charge in [0.1, 0.15) is 30.5 Å². The first-order chi connectivity index (χ1) is 26.9. The molecular formula is C46H84O9. The third-order valence-electron chi connectivity index (χ3n) is 10.3. The van der Waals surface area contributed by atoms with E-state index in [1.54, 1.807) is 0 Å². The van der Waals surface area contributed by atoms with Crippen LogP contribution in [0, 0.1) is 0 Å². The van der Waals surface area contributed by atoms with Crippen LogP contribution in [0.4, 0.5) is 0 Å². The van der Waals surface area contributed by atoms with Gasteiger partial charge in [-0.3, -0.25) is 4.79 Å². The second-order valence-corrected chi connectivity index (χ2v) is 15.5. The van der Waals surface area contributed by atoms with Gasteiger partial charge in [0.2, 0.25) is 0 Å². The van der Waals surface area contributed by atoms with E-state index in [9.17, 15) is 25.2 Å². The molecule has 1 aliphatic rings. The summed E-state index contributed by atoms with van der Waals surface area (Å²) >= 11 is 0. The molecule has 0 aromatic carbocycles. The second kappa shape index (κ2) is 38.0. The summed E-state index contributed by atoms with van der Waals surface area (Å²) in [5.41, 5.74) is 0. The molecular weight excluding hydrogens is 696 g/mol. The summed E-state index contributed by atoms with van der Waals surface area (Å²) in [6.45, 7) is 4.48. The Morgan fingerprint density at radius 3 is 1.58 bits per heavy atom. The van der Waals surface area contributed by atoms with Gasteiger partial charge in [-0.05, 0) is 51.4 Å². The van der Waals surface area contributed by atoms with Crippen LogP contribution >= 0.6 is 0 Å². The minimum atomic E-state index is -1.53. The average Bonchev–Trinajstić information content (AvgIpc) is 3.18. The number of carbonyl (C=O) groups excluding carboxylic acids is 1. The predicted molar refractivity (Wildman–Crippen MR) is 224 cm³/mol. The highest BCUT2D eigenvalue weighted by Gasteiger charge is 2.44. The minimum Gasteiger partial charge on any atom is -0.457 e. The van der Waals surface area contributed by atoms with Gasteiger partial charge in [0.05, 0.1) is 19.8 Å². The highest BCUT2D eigenvalue weighted by Crippen LogP contribution is 2.22. The smallest absolute Gasteiger partial charge is 0.306 e. The maximum absolute atomic E-state index is 12.6. The Morgan fingerprint density at radius 1 is 0.582 bits per heavy atom. The molecule has 0 aromatic heterocycles. The van der Waals surface area contributed by atoms with Crippen molar-refractivity contribution < 1.29 is 44.2 Å². The lowest BCUT2D eigenvalue weighted by Crippen LogP contribution is -2.59. The summed E-state index contributed by atoms with van der Waals surface area (Å²) in [5.74, 6) is -0.324. The third-order valence-corrected chi connectivity index (χ3v) is 10.3. The zero-order valence-electron chi connectivity index (χ0n) is 35.2. The van der Waals surface area contributed by atoms with Crippen LogP contribution in [0.25, 0.3) is 0 Å². The number of aliphatic hydroxyl groups is 4. The fraction of sp³-hybridized carbons (Fsp3) is 0.848. The van der Waals surface area contributed by atoms with Crippen LogP contribution in [0.5, 0.6) is 0 Å². The summed E-state index contributed by atoms with van der Waals surface area (Å²) < 4.78 is 22.7. The first-order valence-electron chi connectivity index (χ1n) is 22.6. The van der Waals surface area contributed by atoms with Crippen molar-refractivity contribution in [3.05, 3.63) is 36.5 Å². The van der Waals surface area contributed by atoms with Crippen LogP contribution < -0.4 is 0 Å². The van der Waals surface area contributed by atoms with Crippen molar-refractivity contribution in [2.24, 2.45) is 0 Å². The average molecular weight is 781 g/mol. The maximum Gasteiger partial charge on any atom is 0.306 e. The molecule has 0 radical (unpaired) electrons. The van der Waals surface area contributed by atoms with Crippen molar-refractivity contribution in [1.29, 1.82) is 0 Å². The number of rotatable bonds is 38. The molecule has 9 nitrogen and oxygen atoms in total. The van der Waals surface area contributed by atoms with Crippen molar-refractivity contribution in [2.45, 2.75) is 224 Å². The molecule has 0 aliphatic carbocycles. The quantitative estimate of drug-likeness (QED) is 0.0274.